The van der Waals surface area contributed by atoms with Gasteiger partial charge in [0.2, 0.25) is 0 Å². The molecule has 1 aromatic heterocycles. The highest BCUT2D eigenvalue weighted by atomic mass is 16.1. The van der Waals surface area contributed by atoms with E-state index in [2.05, 4.69) is 10.3 Å². The number of H-pyrrole nitrogens is 1. The zero-order chi connectivity index (χ0) is 9.14. The normalized spacial score (nSPS) is 9.92. The van der Waals surface area contributed by atoms with E-state index in [9.17, 15) is 4.79 Å². The van der Waals surface area contributed by atoms with Gasteiger partial charge in [0.05, 0.1) is 0 Å². The van der Waals surface area contributed by atoms with Gasteiger partial charge in [0.15, 0.2) is 0 Å². The van der Waals surface area contributed by atoms with Crippen LogP contribution < -0.4 is 10.9 Å². The summed E-state index contributed by atoms with van der Waals surface area (Å²) in [6, 6.07) is 1.94. The molecule has 0 saturated carbocycles. The Morgan fingerprint density at radius 3 is 2.75 bits per heavy atom. The summed E-state index contributed by atoms with van der Waals surface area (Å²) in [5.41, 5.74) is 2.56. The lowest BCUT2D eigenvalue weighted by Crippen LogP contribution is -2.14. The second-order valence-electron chi connectivity index (χ2n) is 2.85. The van der Waals surface area contributed by atoms with Crippen molar-refractivity contribution in [1.82, 2.24) is 4.98 Å². The minimum Gasteiger partial charge on any atom is -0.385 e. The van der Waals surface area contributed by atoms with Gasteiger partial charge < -0.3 is 10.3 Å². The van der Waals surface area contributed by atoms with E-state index in [0.717, 1.165) is 23.5 Å². The van der Waals surface area contributed by atoms with Crippen molar-refractivity contribution in [1.29, 1.82) is 0 Å². The fourth-order valence-electron chi connectivity index (χ4n) is 1.13. The Kier molecular flexibility index (Phi) is 2.53. The third-order valence-corrected chi connectivity index (χ3v) is 1.78. The number of rotatable bonds is 2. The molecule has 0 spiro atoms. The number of anilines is 1. The zero-order valence-electron chi connectivity index (χ0n) is 7.69. The quantitative estimate of drug-likeness (QED) is 0.698. The van der Waals surface area contributed by atoms with E-state index in [4.69, 9.17) is 0 Å². The molecule has 1 aromatic rings. The van der Waals surface area contributed by atoms with Gasteiger partial charge in [-0.1, -0.05) is 0 Å². The van der Waals surface area contributed by atoms with Crippen LogP contribution in [0.4, 0.5) is 5.69 Å². The van der Waals surface area contributed by atoms with Gasteiger partial charge in [-0.2, -0.15) is 0 Å². The Hall–Kier alpha value is -1.25. The first kappa shape index (κ1) is 8.84. The molecule has 0 unspecified atom stereocenters. The van der Waals surface area contributed by atoms with Crippen LogP contribution in [0.15, 0.2) is 10.9 Å². The SMILES string of the molecule is CCNc1cc(C)[nH]c(=O)c1C. The fourth-order valence-corrected chi connectivity index (χ4v) is 1.13. The van der Waals surface area contributed by atoms with Gasteiger partial charge in [0.1, 0.15) is 0 Å². The molecule has 1 heterocycles. The molecule has 0 radical (unpaired) electrons. The molecule has 0 amide bonds. The molecule has 0 aliphatic heterocycles. The van der Waals surface area contributed by atoms with E-state index < -0.39 is 0 Å². The Balaban J connectivity index is 3.18. The van der Waals surface area contributed by atoms with Gasteiger partial charge >= 0.3 is 0 Å². The molecule has 0 saturated heterocycles. The number of aryl methyl sites for hydroxylation is 1. The Labute approximate surface area is 71.8 Å². The number of hydrogen-bond donors (Lipinski definition) is 2. The second kappa shape index (κ2) is 3.43. The predicted molar refractivity (Wildman–Crippen MR) is 50.7 cm³/mol. The van der Waals surface area contributed by atoms with E-state index in [1.807, 2.05) is 26.8 Å². The van der Waals surface area contributed by atoms with Gasteiger partial charge in [-0.3, -0.25) is 4.79 Å². The Morgan fingerprint density at radius 2 is 2.17 bits per heavy atom. The first-order chi connectivity index (χ1) is 5.65. The molecule has 1 rings (SSSR count). The third-order valence-electron chi connectivity index (χ3n) is 1.78. The van der Waals surface area contributed by atoms with Crippen molar-refractivity contribution < 1.29 is 0 Å². The maximum absolute atomic E-state index is 11.2. The first-order valence-corrected chi connectivity index (χ1v) is 4.09. The van der Waals surface area contributed by atoms with Crippen molar-refractivity contribution in [2.45, 2.75) is 20.8 Å². The van der Waals surface area contributed by atoms with Crippen LogP contribution in [0, 0.1) is 13.8 Å². The predicted octanol–water partition coefficient (Wildman–Crippen LogP) is 1.42. The number of pyridine rings is 1. The fraction of sp³-hybridized carbons (Fsp3) is 0.444. The van der Waals surface area contributed by atoms with Gasteiger partial charge in [0, 0.05) is 23.5 Å². The summed E-state index contributed by atoms with van der Waals surface area (Å²) in [6.45, 7) is 6.54. The maximum atomic E-state index is 11.2. The summed E-state index contributed by atoms with van der Waals surface area (Å²) < 4.78 is 0. The van der Waals surface area contributed by atoms with Crippen LogP contribution in [0.5, 0.6) is 0 Å². The molecular weight excluding hydrogens is 152 g/mol. The highest BCUT2D eigenvalue weighted by Crippen LogP contribution is 2.09. The smallest absolute Gasteiger partial charge is 0.253 e. The van der Waals surface area contributed by atoms with Crippen LogP contribution in [0.2, 0.25) is 0 Å². The Bertz CT molecular complexity index is 328. The van der Waals surface area contributed by atoms with Crippen LogP contribution >= 0.6 is 0 Å². The van der Waals surface area contributed by atoms with E-state index in [0.29, 0.717) is 0 Å². The number of aromatic amines is 1. The number of aromatic nitrogens is 1. The largest absolute Gasteiger partial charge is 0.385 e. The maximum Gasteiger partial charge on any atom is 0.253 e. The molecule has 0 aliphatic rings. The van der Waals surface area contributed by atoms with Crippen molar-refractivity contribution in [2.75, 3.05) is 11.9 Å². The summed E-state index contributed by atoms with van der Waals surface area (Å²) >= 11 is 0. The van der Waals surface area contributed by atoms with Gasteiger partial charge in [-0.05, 0) is 26.8 Å². The molecule has 0 fully saturated rings. The number of hydrogen-bond acceptors (Lipinski definition) is 2. The summed E-state index contributed by atoms with van der Waals surface area (Å²) in [5.74, 6) is 0. The van der Waals surface area contributed by atoms with Crippen molar-refractivity contribution in [2.24, 2.45) is 0 Å². The molecule has 3 nitrogen and oxygen atoms in total. The van der Waals surface area contributed by atoms with Crippen LogP contribution in [-0.2, 0) is 0 Å². The molecule has 0 atom stereocenters. The minimum atomic E-state index is -0.00838. The minimum absolute atomic E-state index is 0.00838. The summed E-state index contributed by atoms with van der Waals surface area (Å²) in [7, 11) is 0. The van der Waals surface area contributed by atoms with Crippen LogP contribution in [0.25, 0.3) is 0 Å². The zero-order valence-corrected chi connectivity index (χ0v) is 7.69. The average Bonchev–Trinajstić information content (AvgIpc) is 2.00. The van der Waals surface area contributed by atoms with E-state index in [1.165, 1.54) is 0 Å². The first-order valence-electron chi connectivity index (χ1n) is 4.09. The number of nitrogens with one attached hydrogen (secondary N) is 2. The molecule has 0 bridgehead atoms. The molecule has 0 aromatic carbocycles. The lowest BCUT2D eigenvalue weighted by Gasteiger charge is -2.06. The molecule has 3 heteroatoms. The second-order valence-corrected chi connectivity index (χ2v) is 2.85. The van der Waals surface area contributed by atoms with Crippen molar-refractivity contribution in [3.8, 4) is 0 Å². The molecular formula is C9H14N2O. The van der Waals surface area contributed by atoms with Crippen LogP contribution in [0.3, 0.4) is 0 Å². The van der Waals surface area contributed by atoms with Crippen molar-refractivity contribution in [3.63, 3.8) is 0 Å². The Morgan fingerprint density at radius 1 is 1.50 bits per heavy atom. The monoisotopic (exact) mass is 166 g/mol. The van der Waals surface area contributed by atoms with Crippen LogP contribution in [0.1, 0.15) is 18.2 Å². The van der Waals surface area contributed by atoms with E-state index in [-0.39, 0.29) is 5.56 Å². The summed E-state index contributed by atoms with van der Waals surface area (Å²) in [5, 5.41) is 3.14. The van der Waals surface area contributed by atoms with Gasteiger partial charge in [0.25, 0.3) is 5.56 Å². The van der Waals surface area contributed by atoms with Crippen molar-refractivity contribution >= 4 is 5.69 Å². The molecule has 66 valence electrons. The lowest BCUT2D eigenvalue weighted by molar-refractivity contribution is 1.09. The van der Waals surface area contributed by atoms with E-state index >= 15 is 0 Å². The summed E-state index contributed by atoms with van der Waals surface area (Å²) in [6.07, 6.45) is 0. The molecule has 12 heavy (non-hydrogen) atoms. The molecule has 0 aliphatic carbocycles. The average molecular weight is 166 g/mol. The van der Waals surface area contributed by atoms with Gasteiger partial charge in [-0.25, -0.2) is 0 Å². The van der Waals surface area contributed by atoms with E-state index in [1.54, 1.807) is 0 Å². The lowest BCUT2D eigenvalue weighted by atomic mass is 10.2. The van der Waals surface area contributed by atoms with Crippen LogP contribution in [-0.4, -0.2) is 11.5 Å². The topological polar surface area (TPSA) is 44.9 Å². The third kappa shape index (κ3) is 1.67. The van der Waals surface area contributed by atoms with Gasteiger partial charge in [-0.15, -0.1) is 0 Å². The highest BCUT2D eigenvalue weighted by Gasteiger charge is 2.00. The highest BCUT2D eigenvalue weighted by molar-refractivity contribution is 5.49. The summed E-state index contributed by atoms with van der Waals surface area (Å²) in [4.78, 5) is 14.0. The standard InChI is InChI=1S/C9H14N2O/c1-4-10-8-5-6(2)11-9(12)7(8)3/h5H,4H2,1-3H3,(H2,10,11,12). The van der Waals surface area contributed by atoms with Crippen molar-refractivity contribution in [3.05, 3.63) is 27.7 Å². The molecule has 2 N–H and O–H groups in total.